The van der Waals surface area contributed by atoms with E-state index in [0.29, 0.717) is 37.3 Å². The van der Waals surface area contributed by atoms with Gasteiger partial charge >= 0.3 is 0 Å². The molecule has 6 nitrogen and oxygen atoms in total. The molecule has 1 atom stereocenters. The van der Waals surface area contributed by atoms with E-state index in [9.17, 15) is 14.7 Å². The highest BCUT2D eigenvalue weighted by atomic mass is 16.3. The fourth-order valence-electron chi connectivity index (χ4n) is 4.53. The van der Waals surface area contributed by atoms with E-state index >= 15 is 0 Å². The summed E-state index contributed by atoms with van der Waals surface area (Å²) in [4.78, 5) is 29.5. The first-order valence-electron chi connectivity index (χ1n) is 11.7. The molecule has 0 saturated carbocycles. The Hall–Kier alpha value is -2.70. The molecule has 1 aliphatic carbocycles. The Morgan fingerprint density at radius 1 is 1.09 bits per heavy atom. The maximum Gasteiger partial charge on any atom is 0.253 e. The Morgan fingerprint density at radius 3 is 2.62 bits per heavy atom. The summed E-state index contributed by atoms with van der Waals surface area (Å²) in [5.41, 5.74) is 3.83. The number of hydrogen-bond acceptors (Lipinski definition) is 4. The average molecular weight is 438 g/mol. The Labute approximate surface area is 191 Å². The van der Waals surface area contributed by atoms with Crippen molar-refractivity contribution in [3.05, 3.63) is 65.2 Å². The maximum atomic E-state index is 13.0. The van der Waals surface area contributed by atoms with Crippen LogP contribution in [0.5, 0.6) is 0 Å². The molecule has 0 bridgehead atoms. The average Bonchev–Trinajstić information content (AvgIpc) is 2.82. The number of carbonyl (C=O) groups is 2. The fourth-order valence-corrected chi connectivity index (χ4v) is 4.53. The van der Waals surface area contributed by atoms with Gasteiger partial charge < -0.3 is 15.3 Å². The van der Waals surface area contributed by atoms with Crippen LogP contribution in [0.1, 0.15) is 60.6 Å². The molecule has 0 aliphatic heterocycles. The van der Waals surface area contributed by atoms with E-state index in [1.54, 1.807) is 23.1 Å². The van der Waals surface area contributed by atoms with Crippen LogP contribution in [0.4, 0.5) is 5.69 Å². The zero-order valence-electron chi connectivity index (χ0n) is 19.2. The van der Waals surface area contributed by atoms with E-state index < -0.39 is 0 Å². The molecule has 2 N–H and O–H groups in total. The summed E-state index contributed by atoms with van der Waals surface area (Å²) in [6.07, 6.45) is 3.79. The highest BCUT2D eigenvalue weighted by Gasteiger charge is 2.27. The molecule has 1 aliphatic rings. The van der Waals surface area contributed by atoms with Gasteiger partial charge in [-0.25, -0.2) is 0 Å². The molecule has 2 amide bonds. The van der Waals surface area contributed by atoms with E-state index in [-0.39, 0.29) is 31.0 Å². The van der Waals surface area contributed by atoms with Gasteiger partial charge in [0.25, 0.3) is 5.91 Å². The number of carbonyl (C=O) groups excluding carboxylic acids is 2. The molecule has 0 unspecified atom stereocenters. The van der Waals surface area contributed by atoms with Crippen molar-refractivity contribution in [1.82, 2.24) is 9.80 Å². The summed E-state index contributed by atoms with van der Waals surface area (Å²) in [5, 5.41) is 12.4. The van der Waals surface area contributed by atoms with Gasteiger partial charge in [-0.1, -0.05) is 30.3 Å². The molecule has 6 heteroatoms. The lowest BCUT2D eigenvalue weighted by Gasteiger charge is -2.35. The van der Waals surface area contributed by atoms with Gasteiger partial charge in [0.05, 0.1) is 6.54 Å². The standard InChI is InChI=1S/C26H35N3O3/c1-3-28(4-2)26(32)21-12-7-13-22(18-21)27-25(31)19-29(16-9-17-30)24-15-8-11-20-10-5-6-14-23(20)24/h5-7,10,12-14,18,24,30H,3-4,8-9,11,15-17,19H2,1-2H3,(H,27,31)/t24-/m0/s1. The van der Waals surface area contributed by atoms with Crippen LogP contribution in [0.2, 0.25) is 0 Å². The zero-order chi connectivity index (χ0) is 22.9. The largest absolute Gasteiger partial charge is 0.396 e. The van der Waals surface area contributed by atoms with Crippen LogP contribution in [-0.4, -0.2) is 59.5 Å². The minimum absolute atomic E-state index is 0.0329. The number of aliphatic hydroxyl groups excluding tert-OH is 1. The van der Waals surface area contributed by atoms with Gasteiger partial charge in [-0.3, -0.25) is 14.5 Å². The predicted octanol–water partition coefficient (Wildman–Crippen LogP) is 3.87. The summed E-state index contributed by atoms with van der Waals surface area (Å²) < 4.78 is 0. The van der Waals surface area contributed by atoms with Crippen molar-refractivity contribution < 1.29 is 14.7 Å². The minimum atomic E-state index is -0.113. The van der Waals surface area contributed by atoms with E-state index in [4.69, 9.17) is 0 Å². The maximum absolute atomic E-state index is 13.0. The number of nitrogens with one attached hydrogen (secondary N) is 1. The van der Waals surface area contributed by atoms with Gasteiger partial charge in [0.2, 0.25) is 5.91 Å². The molecule has 32 heavy (non-hydrogen) atoms. The summed E-state index contributed by atoms with van der Waals surface area (Å²) >= 11 is 0. The Kier molecular flexibility index (Phi) is 8.82. The molecule has 0 spiro atoms. The number of hydrogen-bond donors (Lipinski definition) is 2. The smallest absolute Gasteiger partial charge is 0.253 e. The lowest BCUT2D eigenvalue weighted by molar-refractivity contribution is -0.118. The van der Waals surface area contributed by atoms with Crippen molar-refractivity contribution in [3.8, 4) is 0 Å². The van der Waals surface area contributed by atoms with Crippen molar-refractivity contribution in [2.45, 2.75) is 45.6 Å². The molecule has 3 rings (SSSR count). The third-order valence-electron chi connectivity index (χ3n) is 6.17. The normalized spacial score (nSPS) is 15.3. The molecule has 0 fully saturated rings. The van der Waals surface area contributed by atoms with Crippen LogP contribution in [0.3, 0.4) is 0 Å². The monoisotopic (exact) mass is 437 g/mol. The van der Waals surface area contributed by atoms with Crippen molar-refractivity contribution in [2.75, 3.05) is 38.1 Å². The highest BCUT2D eigenvalue weighted by molar-refractivity contribution is 5.97. The first kappa shape index (κ1) is 24.0. The van der Waals surface area contributed by atoms with E-state index in [1.807, 2.05) is 19.9 Å². The number of aryl methyl sites for hydroxylation is 1. The number of anilines is 1. The third kappa shape index (κ3) is 5.96. The van der Waals surface area contributed by atoms with Crippen molar-refractivity contribution >= 4 is 17.5 Å². The minimum Gasteiger partial charge on any atom is -0.396 e. The molecule has 172 valence electrons. The summed E-state index contributed by atoms with van der Waals surface area (Å²) in [5.74, 6) is -0.145. The molecule has 2 aromatic rings. The van der Waals surface area contributed by atoms with Crippen molar-refractivity contribution in [3.63, 3.8) is 0 Å². The first-order chi connectivity index (χ1) is 15.6. The molecule has 0 aromatic heterocycles. The van der Waals surface area contributed by atoms with Crippen LogP contribution in [0.15, 0.2) is 48.5 Å². The lowest BCUT2D eigenvalue weighted by atomic mass is 9.86. The van der Waals surface area contributed by atoms with Gasteiger partial charge in [0.1, 0.15) is 0 Å². The van der Waals surface area contributed by atoms with Gasteiger partial charge in [-0.15, -0.1) is 0 Å². The molecular weight excluding hydrogens is 402 g/mol. The highest BCUT2D eigenvalue weighted by Crippen LogP contribution is 2.34. The summed E-state index contributed by atoms with van der Waals surface area (Å²) in [6.45, 7) is 6.20. The molecule has 0 heterocycles. The fraction of sp³-hybridized carbons (Fsp3) is 0.462. The molecule has 0 saturated heterocycles. The van der Waals surface area contributed by atoms with Crippen molar-refractivity contribution in [1.29, 1.82) is 0 Å². The Morgan fingerprint density at radius 2 is 1.88 bits per heavy atom. The van der Waals surface area contributed by atoms with Gasteiger partial charge in [0, 0.05) is 43.5 Å². The van der Waals surface area contributed by atoms with Crippen molar-refractivity contribution in [2.24, 2.45) is 0 Å². The second kappa shape index (κ2) is 11.8. The SMILES string of the molecule is CCN(CC)C(=O)c1cccc(NC(=O)CN(CCCO)[C@H]2CCCc3ccccc32)c1. The van der Waals surface area contributed by atoms with Gasteiger partial charge in [-0.2, -0.15) is 0 Å². The topological polar surface area (TPSA) is 72.9 Å². The Bertz CT molecular complexity index is 911. The van der Waals surface area contributed by atoms with E-state index in [2.05, 4.69) is 34.5 Å². The quantitative estimate of drug-likeness (QED) is 0.592. The first-order valence-corrected chi connectivity index (χ1v) is 11.7. The number of benzene rings is 2. The number of amides is 2. The van der Waals surface area contributed by atoms with Gasteiger partial charge in [-0.05, 0) is 68.9 Å². The van der Waals surface area contributed by atoms with Crippen LogP contribution in [-0.2, 0) is 11.2 Å². The molecule has 2 aromatic carbocycles. The number of nitrogens with zero attached hydrogens (tertiary/aromatic N) is 2. The zero-order valence-corrected chi connectivity index (χ0v) is 19.2. The number of rotatable bonds is 10. The third-order valence-corrected chi connectivity index (χ3v) is 6.17. The molecular formula is C26H35N3O3. The second-order valence-corrected chi connectivity index (χ2v) is 8.26. The van der Waals surface area contributed by atoms with Crippen LogP contribution in [0, 0.1) is 0 Å². The van der Waals surface area contributed by atoms with E-state index in [0.717, 1.165) is 19.3 Å². The van der Waals surface area contributed by atoms with Crippen LogP contribution >= 0.6 is 0 Å². The predicted molar refractivity (Wildman–Crippen MR) is 128 cm³/mol. The molecule has 0 radical (unpaired) electrons. The van der Waals surface area contributed by atoms with Gasteiger partial charge in [0.15, 0.2) is 0 Å². The summed E-state index contributed by atoms with van der Waals surface area (Å²) in [6, 6.07) is 15.8. The lowest BCUT2D eigenvalue weighted by Crippen LogP contribution is -2.38. The number of fused-ring (bicyclic) bond motifs is 1. The number of aliphatic hydroxyl groups is 1. The van der Waals surface area contributed by atoms with Crippen LogP contribution < -0.4 is 5.32 Å². The van der Waals surface area contributed by atoms with E-state index in [1.165, 1.54) is 11.1 Å². The second-order valence-electron chi connectivity index (χ2n) is 8.26. The Balaban J connectivity index is 1.72. The van der Waals surface area contributed by atoms with Crippen LogP contribution in [0.25, 0.3) is 0 Å². The summed E-state index contributed by atoms with van der Waals surface area (Å²) in [7, 11) is 0.